The van der Waals surface area contributed by atoms with Crippen molar-refractivity contribution >= 4 is 5.97 Å². The van der Waals surface area contributed by atoms with Crippen molar-refractivity contribution in [3.05, 3.63) is 0 Å². The summed E-state index contributed by atoms with van der Waals surface area (Å²) >= 11 is 0. The van der Waals surface area contributed by atoms with Crippen LogP contribution in [0.25, 0.3) is 0 Å². The molecular formula is C7H11F3O2. The number of esters is 1. The van der Waals surface area contributed by atoms with Crippen molar-refractivity contribution in [2.75, 3.05) is 6.61 Å². The van der Waals surface area contributed by atoms with Crippen molar-refractivity contribution in [1.29, 1.82) is 0 Å². The molecule has 0 fully saturated rings. The number of hydrogen-bond donors (Lipinski definition) is 0. The Kier molecular flexibility index (Phi) is 4.06. The Morgan fingerprint density at radius 3 is 2.33 bits per heavy atom. The van der Waals surface area contributed by atoms with E-state index in [2.05, 4.69) is 4.74 Å². The Balaban J connectivity index is 3.58. The van der Waals surface area contributed by atoms with E-state index in [-0.39, 0.29) is 13.0 Å². The van der Waals surface area contributed by atoms with E-state index < -0.39 is 18.1 Å². The molecule has 0 aliphatic carbocycles. The highest BCUT2D eigenvalue weighted by Crippen LogP contribution is 2.27. The predicted octanol–water partition coefficient (Wildman–Crippen LogP) is 2.14. The van der Waals surface area contributed by atoms with Gasteiger partial charge >= 0.3 is 12.1 Å². The zero-order valence-electron chi connectivity index (χ0n) is 6.94. The average molecular weight is 184 g/mol. The molecule has 0 spiro atoms. The second-order valence-corrected chi connectivity index (χ2v) is 2.57. The fourth-order valence-corrected chi connectivity index (χ4v) is 0.543. The summed E-state index contributed by atoms with van der Waals surface area (Å²) in [7, 11) is 0. The van der Waals surface area contributed by atoms with Crippen LogP contribution in [0.2, 0.25) is 0 Å². The number of halogens is 3. The maximum Gasteiger partial charge on any atom is 0.391 e. The lowest BCUT2D eigenvalue weighted by atomic mass is 10.1. The van der Waals surface area contributed by atoms with Gasteiger partial charge in [0.1, 0.15) is 0 Å². The Labute approximate surface area is 68.7 Å². The molecule has 0 rings (SSSR count). The first-order valence-corrected chi connectivity index (χ1v) is 3.54. The smallest absolute Gasteiger partial charge is 0.391 e. The van der Waals surface area contributed by atoms with Crippen LogP contribution < -0.4 is 0 Å². The molecule has 1 unspecified atom stereocenters. The van der Waals surface area contributed by atoms with Gasteiger partial charge in [0.25, 0.3) is 0 Å². The van der Waals surface area contributed by atoms with Gasteiger partial charge < -0.3 is 4.74 Å². The van der Waals surface area contributed by atoms with Gasteiger partial charge in [0.2, 0.25) is 0 Å². The molecule has 0 aromatic carbocycles. The second kappa shape index (κ2) is 4.33. The maximum absolute atomic E-state index is 11.8. The first-order chi connectivity index (χ1) is 5.34. The van der Waals surface area contributed by atoms with Crippen molar-refractivity contribution in [1.82, 2.24) is 0 Å². The Morgan fingerprint density at radius 1 is 1.50 bits per heavy atom. The molecule has 0 aromatic heterocycles. The Morgan fingerprint density at radius 2 is 2.00 bits per heavy atom. The highest BCUT2D eigenvalue weighted by atomic mass is 19.4. The summed E-state index contributed by atoms with van der Waals surface area (Å²) in [5, 5.41) is 0. The topological polar surface area (TPSA) is 26.3 Å². The molecule has 0 aromatic rings. The van der Waals surface area contributed by atoms with Gasteiger partial charge in [-0.25, -0.2) is 0 Å². The van der Waals surface area contributed by atoms with Gasteiger partial charge in [-0.1, -0.05) is 6.92 Å². The standard InChI is InChI=1S/C7H11F3O2/c1-5(7(8,9)10)3-4-12-6(2)11/h5H,3-4H2,1-2H3. The third kappa shape index (κ3) is 4.98. The lowest BCUT2D eigenvalue weighted by Crippen LogP contribution is -2.21. The fraction of sp³-hybridized carbons (Fsp3) is 0.857. The summed E-state index contributed by atoms with van der Waals surface area (Å²) in [6, 6.07) is 0. The van der Waals surface area contributed by atoms with E-state index in [9.17, 15) is 18.0 Å². The molecule has 12 heavy (non-hydrogen) atoms. The minimum absolute atomic E-state index is 0.171. The third-order valence-corrected chi connectivity index (χ3v) is 1.41. The molecule has 0 heterocycles. The molecular weight excluding hydrogens is 173 g/mol. The van der Waals surface area contributed by atoms with E-state index in [0.717, 1.165) is 13.8 Å². The summed E-state index contributed by atoms with van der Waals surface area (Å²) < 4.78 is 39.9. The SMILES string of the molecule is CC(=O)OCCC(C)C(F)(F)F. The van der Waals surface area contributed by atoms with Gasteiger partial charge in [-0.15, -0.1) is 0 Å². The number of ether oxygens (including phenoxy) is 1. The Hall–Kier alpha value is -0.740. The van der Waals surface area contributed by atoms with Crippen LogP contribution in [-0.2, 0) is 9.53 Å². The van der Waals surface area contributed by atoms with Crippen molar-refractivity contribution in [2.45, 2.75) is 26.4 Å². The first-order valence-electron chi connectivity index (χ1n) is 3.54. The third-order valence-electron chi connectivity index (χ3n) is 1.41. The Bertz CT molecular complexity index is 153. The van der Waals surface area contributed by atoms with Crippen molar-refractivity contribution in [2.24, 2.45) is 5.92 Å². The lowest BCUT2D eigenvalue weighted by Gasteiger charge is -2.14. The molecule has 0 aliphatic rings. The number of alkyl halides is 3. The molecule has 0 amide bonds. The van der Waals surface area contributed by atoms with Crippen LogP contribution in [0.3, 0.4) is 0 Å². The first kappa shape index (κ1) is 11.3. The molecule has 0 radical (unpaired) electrons. The summed E-state index contributed by atoms with van der Waals surface area (Å²) in [6.45, 7) is 2.05. The minimum Gasteiger partial charge on any atom is -0.466 e. The summed E-state index contributed by atoms with van der Waals surface area (Å²) in [6.07, 6.45) is -4.37. The van der Waals surface area contributed by atoms with E-state index in [1.165, 1.54) is 0 Å². The van der Waals surface area contributed by atoms with Crippen LogP contribution in [0.15, 0.2) is 0 Å². The zero-order chi connectivity index (χ0) is 9.78. The van der Waals surface area contributed by atoms with E-state index in [0.29, 0.717) is 0 Å². The molecule has 0 N–H and O–H groups in total. The van der Waals surface area contributed by atoms with Crippen LogP contribution in [0.1, 0.15) is 20.3 Å². The molecule has 0 saturated carbocycles. The lowest BCUT2D eigenvalue weighted by molar-refractivity contribution is -0.175. The number of hydrogen-bond acceptors (Lipinski definition) is 2. The van der Waals surface area contributed by atoms with Crippen molar-refractivity contribution in [3.8, 4) is 0 Å². The molecule has 2 nitrogen and oxygen atoms in total. The second-order valence-electron chi connectivity index (χ2n) is 2.57. The summed E-state index contributed by atoms with van der Waals surface area (Å²) in [5.74, 6) is -1.97. The van der Waals surface area contributed by atoms with Crippen LogP contribution in [0, 0.1) is 5.92 Å². The number of carbonyl (C=O) groups excluding carboxylic acids is 1. The zero-order valence-corrected chi connectivity index (χ0v) is 6.94. The highest BCUT2D eigenvalue weighted by molar-refractivity contribution is 5.65. The van der Waals surface area contributed by atoms with Gasteiger partial charge in [0.15, 0.2) is 0 Å². The molecule has 72 valence electrons. The van der Waals surface area contributed by atoms with Crippen LogP contribution in [0.4, 0.5) is 13.2 Å². The fourth-order valence-electron chi connectivity index (χ4n) is 0.543. The molecule has 5 heteroatoms. The van der Waals surface area contributed by atoms with Gasteiger partial charge in [0.05, 0.1) is 12.5 Å². The monoisotopic (exact) mass is 184 g/mol. The number of carbonyl (C=O) groups is 1. The summed E-state index contributed by atoms with van der Waals surface area (Å²) in [4.78, 5) is 10.2. The average Bonchev–Trinajstić information content (AvgIpc) is 1.84. The van der Waals surface area contributed by atoms with Gasteiger partial charge in [-0.05, 0) is 6.42 Å². The number of rotatable bonds is 3. The van der Waals surface area contributed by atoms with E-state index >= 15 is 0 Å². The van der Waals surface area contributed by atoms with Gasteiger partial charge in [-0.3, -0.25) is 4.79 Å². The molecule has 0 saturated heterocycles. The van der Waals surface area contributed by atoms with E-state index in [1.54, 1.807) is 0 Å². The molecule has 0 bridgehead atoms. The van der Waals surface area contributed by atoms with Gasteiger partial charge in [-0.2, -0.15) is 13.2 Å². The molecule has 0 aliphatic heterocycles. The normalized spacial score (nSPS) is 14.1. The van der Waals surface area contributed by atoms with Crippen molar-refractivity contribution in [3.63, 3.8) is 0 Å². The van der Waals surface area contributed by atoms with E-state index in [1.807, 2.05) is 0 Å². The predicted molar refractivity (Wildman–Crippen MR) is 36.5 cm³/mol. The van der Waals surface area contributed by atoms with Crippen molar-refractivity contribution < 1.29 is 22.7 Å². The van der Waals surface area contributed by atoms with Crippen LogP contribution in [-0.4, -0.2) is 18.8 Å². The molecule has 1 atom stereocenters. The van der Waals surface area contributed by atoms with Gasteiger partial charge in [0, 0.05) is 6.92 Å². The van der Waals surface area contributed by atoms with Crippen LogP contribution in [0.5, 0.6) is 0 Å². The van der Waals surface area contributed by atoms with Crippen LogP contribution >= 0.6 is 0 Å². The largest absolute Gasteiger partial charge is 0.466 e. The quantitative estimate of drug-likeness (QED) is 0.628. The summed E-state index contributed by atoms with van der Waals surface area (Å²) in [5.41, 5.74) is 0. The maximum atomic E-state index is 11.8. The van der Waals surface area contributed by atoms with E-state index in [4.69, 9.17) is 0 Å². The highest BCUT2D eigenvalue weighted by Gasteiger charge is 2.35. The minimum atomic E-state index is -4.19.